The van der Waals surface area contributed by atoms with Crippen LogP contribution >= 0.6 is 11.6 Å². The molecular weight excluding hydrogens is 386 g/mol. The van der Waals surface area contributed by atoms with Crippen LogP contribution in [0.2, 0.25) is 5.02 Å². The van der Waals surface area contributed by atoms with Gasteiger partial charge in [0.25, 0.3) is 5.91 Å². The highest BCUT2D eigenvalue weighted by atomic mass is 35.5. The van der Waals surface area contributed by atoms with E-state index in [9.17, 15) is 9.59 Å². The SMILES string of the molecule is COc1ccc(Cl)cc1NC(=O)N1CCCN1C(=O)c1ccc2c(c1)OCO2. The zero-order chi connectivity index (χ0) is 19.7. The highest BCUT2D eigenvalue weighted by Crippen LogP contribution is 2.33. The van der Waals surface area contributed by atoms with Crippen LogP contribution in [0.25, 0.3) is 0 Å². The second kappa shape index (κ2) is 7.47. The Bertz CT molecular complexity index is 936. The fourth-order valence-corrected chi connectivity index (χ4v) is 3.34. The lowest BCUT2D eigenvalue weighted by Gasteiger charge is -2.28. The number of amides is 3. The van der Waals surface area contributed by atoms with Gasteiger partial charge in [-0.15, -0.1) is 0 Å². The summed E-state index contributed by atoms with van der Waals surface area (Å²) in [5, 5.41) is 6.03. The van der Waals surface area contributed by atoms with Crippen molar-refractivity contribution in [3.63, 3.8) is 0 Å². The molecule has 2 heterocycles. The van der Waals surface area contributed by atoms with E-state index >= 15 is 0 Å². The minimum absolute atomic E-state index is 0.132. The predicted molar refractivity (Wildman–Crippen MR) is 102 cm³/mol. The van der Waals surface area contributed by atoms with Crippen molar-refractivity contribution < 1.29 is 23.8 Å². The molecule has 28 heavy (non-hydrogen) atoms. The average molecular weight is 404 g/mol. The molecule has 3 amide bonds. The maximum atomic E-state index is 13.0. The molecule has 0 bridgehead atoms. The van der Waals surface area contributed by atoms with Crippen molar-refractivity contribution in [1.82, 2.24) is 10.0 Å². The molecular formula is C19H18ClN3O5. The number of nitrogens with zero attached hydrogens (tertiary/aromatic N) is 2. The van der Waals surface area contributed by atoms with E-state index < -0.39 is 6.03 Å². The molecule has 1 saturated heterocycles. The Morgan fingerprint density at radius 2 is 1.86 bits per heavy atom. The molecule has 1 fully saturated rings. The first-order chi connectivity index (χ1) is 13.6. The first kappa shape index (κ1) is 18.2. The third kappa shape index (κ3) is 3.38. The molecule has 0 aromatic heterocycles. The monoisotopic (exact) mass is 403 g/mol. The molecule has 2 aromatic rings. The van der Waals surface area contributed by atoms with Crippen molar-refractivity contribution in [3.8, 4) is 17.2 Å². The quantitative estimate of drug-likeness (QED) is 0.849. The number of anilines is 1. The lowest BCUT2D eigenvalue weighted by molar-refractivity contribution is 0.0404. The number of hydrogen-bond acceptors (Lipinski definition) is 5. The van der Waals surface area contributed by atoms with Gasteiger partial charge in [0, 0.05) is 23.7 Å². The number of urea groups is 1. The molecule has 0 saturated carbocycles. The lowest BCUT2D eigenvalue weighted by atomic mass is 10.2. The Morgan fingerprint density at radius 1 is 1.07 bits per heavy atom. The third-order valence-electron chi connectivity index (χ3n) is 4.52. The summed E-state index contributed by atoms with van der Waals surface area (Å²) in [5.74, 6) is 1.31. The van der Waals surface area contributed by atoms with E-state index in [0.29, 0.717) is 53.0 Å². The zero-order valence-corrected chi connectivity index (χ0v) is 15.9. The van der Waals surface area contributed by atoms with Gasteiger partial charge in [0.05, 0.1) is 12.8 Å². The fourth-order valence-electron chi connectivity index (χ4n) is 3.17. The van der Waals surface area contributed by atoms with Crippen molar-refractivity contribution in [2.24, 2.45) is 0 Å². The van der Waals surface area contributed by atoms with Crippen LogP contribution in [-0.2, 0) is 0 Å². The van der Waals surface area contributed by atoms with Gasteiger partial charge in [-0.1, -0.05) is 11.6 Å². The second-order valence-corrected chi connectivity index (χ2v) is 6.68. The molecule has 0 spiro atoms. The third-order valence-corrected chi connectivity index (χ3v) is 4.76. The summed E-state index contributed by atoms with van der Waals surface area (Å²) in [5.41, 5.74) is 0.853. The molecule has 1 N–H and O–H groups in total. The van der Waals surface area contributed by atoms with Crippen molar-refractivity contribution in [2.75, 3.05) is 32.3 Å². The van der Waals surface area contributed by atoms with Crippen molar-refractivity contribution in [2.45, 2.75) is 6.42 Å². The second-order valence-electron chi connectivity index (χ2n) is 6.25. The molecule has 0 radical (unpaired) electrons. The predicted octanol–water partition coefficient (Wildman–Crippen LogP) is 3.37. The Kier molecular flexibility index (Phi) is 4.87. The minimum Gasteiger partial charge on any atom is -0.495 e. The van der Waals surface area contributed by atoms with E-state index in [-0.39, 0.29) is 12.7 Å². The van der Waals surface area contributed by atoms with Crippen molar-refractivity contribution in [3.05, 3.63) is 47.0 Å². The molecule has 2 aromatic carbocycles. The van der Waals surface area contributed by atoms with Crippen LogP contribution in [0.1, 0.15) is 16.8 Å². The van der Waals surface area contributed by atoms with E-state index in [1.54, 1.807) is 36.4 Å². The van der Waals surface area contributed by atoms with Crippen LogP contribution in [0.5, 0.6) is 17.2 Å². The van der Waals surface area contributed by atoms with Gasteiger partial charge in [-0.25, -0.2) is 14.8 Å². The topological polar surface area (TPSA) is 80.3 Å². The number of halogens is 1. The normalized spacial score (nSPS) is 14.9. The summed E-state index contributed by atoms with van der Waals surface area (Å²) in [4.78, 5) is 25.8. The molecule has 0 aliphatic carbocycles. The van der Waals surface area contributed by atoms with Gasteiger partial charge in [0.15, 0.2) is 11.5 Å². The van der Waals surface area contributed by atoms with E-state index in [1.807, 2.05) is 0 Å². The van der Waals surface area contributed by atoms with Gasteiger partial charge in [-0.2, -0.15) is 0 Å². The summed E-state index contributed by atoms with van der Waals surface area (Å²) in [6.45, 7) is 0.991. The number of rotatable bonds is 3. The summed E-state index contributed by atoms with van der Waals surface area (Å²) >= 11 is 6.02. The average Bonchev–Trinajstić information content (AvgIpc) is 3.36. The Morgan fingerprint density at radius 3 is 2.68 bits per heavy atom. The Balaban J connectivity index is 1.52. The zero-order valence-electron chi connectivity index (χ0n) is 15.1. The van der Waals surface area contributed by atoms with Crippen molar-refractivity contribution in [1.29, 1.82) is 0 Å². The van der Waals surface area contributed by atoms with Gasteiger partial charge in [-0.05, 0) is 42.8 Å². The van der Waals surface area contributed by atoms with Crippen LogP contribution in [-0.4, -0.2) is 48.9 Å². The molecule has 4 rings (SSSR count). The largest absolute Gasteiger partial charge is 0.495 e. The number of ether oxygens (including phenoxy) is 3. The number of hydrazine groups is 1. The number of methoxy groups -OCH3 is 1. The van der Waals surface area contributed by atoms with E-state index in [4.69, 9.17) is 25.8 Å². The van der Waals surface area contributed by atoms with Gasteiger partial charge < -0.3 is 19.5 Å². The Hall–Kier alpha value is -3.13. The van der Waals surface area contributed by atoms with Crippen molar-refractivity contribution >= 4 is 29.2 Å². The minimum atomic E-state index is -0.438. The van der Waals surface area contributed by atoms with Gasteiger partial charge in [-0.3, -0.25) is 4.79 Å². The number of carbonyl (C=O) groups excluding carboxylic acids is 2. The number of fused-ring (bicyclic) bond motifs is 1. The number of benzene rings is 2. The standard InChI is InChI=1S/C19H18ClN3O5/c1-26-15-6-4-13(20)10-14(15)21-19(25)23-8-2-7-22(23)18(24)12-3-5-16-17(9-12)28-11-27-16/h3-6,9-10H,2,7-8,11H2,1H3,(H,21,25). The van der Waals surface area contributed by atoms with Gasteiger partial charge in [0.1, 0.15) is 5.75 Å². The molecule has 0 atom stereocenters. The summed E-state index contributed by atoms with van der Waals surface area (Å²) < 4.78 is 15.9. The van der Waals surface area contributed by atoms with E-state index in [0.717, 1.165) is 0 Å². The highest BCUT2D eigenvalue weighted by Gasteiger charge is 2.32. The Labute approximate surface area is 166 Å². The number of nitrogens with one attached hydrogen (secondary N) is 1. The summed E-state index contributed by atoms with van der Waals surface area (Å²) in [7, 11) is 1.50. The summed E-state index contributed by atoms with van der Waals surface area (Å²) in [6, 6.07) is 9.46. The molecule has 0 unspecified atom stereocenters. The smallest absolute Gasteiger partial charge is 0.340 e. The maximum absolute atomic E-state index is 13.0. The molecule has 2 aliphatic heterocycles. The number of carbonyl (C=O) groups is 2. The molecule has 146 valence electrons. The summed E-state index contributed by atoms with van der Waals surface area (Å²) in [6.07, 6.45) is 0.677. The van der Waals surface area contributed by atoms with Crippen LogP contribution in [0, 0.1) is 0 Å². The lowest BCUT2D eigenvalue weighted by Crippen LogP contribution is -2.46. The number of hydrogen-bond donors (Lipinski definition) is 1. The first-order valence-electron chi connectivity index (χ1n) is 8.70. The van der Waals surface area contributed by atoms with Crippen LogP contribution in [0.4, 0.5) is 10.5 Å². The molecule has 9 heteroatoms. The van der Waals surface area contributed by atoms with Crippen LogP contribution in [0.15, 0.2) is 36.4 Å². The van der Waals surface area contributed by atoms with E-state index in [1.165, 1.54) is 17.1 Å². The first-order valence-corrected chi connectivity index (χ1v) is 9.08. The fraction of sp³-hybridized carbons (Fsp3) is 0.263. The highest BCUT2D eigenvalue weighted by molar-refractivity contribution is 6.31. The molecule has 2 aliphatic rings. The van der Waals surface area contributed by atoms with Crippen LogP contribution < -0.4 is 19.5 Å². The molecule has 8 nitrogen and oxygen atoms in total. The van der Waals surface area contributed by atoms with Gasteiger partial charge in [0.2, 0.25) is 6.79 Å². The van der Waals surface area contributed by atoms with Gasteiger partial charge >= 0.3 is 6.03 Å². The maximum Gasteiger partial charge on any atom is 0.340 e. The van der Waals surface area contributed by atoms with Crippen LogP contribution in [0.3, 0.4) is 0 Å². The van der Waals surface area contributed by atoms with E-state index in [2.05, 4.69) is 5.32 Å².